The molecular weight excluding hydrogens is 226 g/mol. The fourth-order valence-corrected chi connectivity index (χ4v) is 2.04. The number of rotatable bonds is 2. The van der Waals surface area contributed by atoms with Gasteiger partial charge in [0.1, 0.15) is 0 Å². The molecule has 0 atom stereocenters. The highest BCUT2D eigenvalue weighted by atomic mass is 16.1. The molecule has 0 amide bonds. The molecule has 0 radical (unpaired) electrons. The van der Waals surface area contributed by atoms with E-state index in [1.165, 1.54) is 22.8 Å². The van der Waals surface area contributed by atoms with Crippen LogP contribution in [-0.2, 0) is 6.54 Å². The standard InChI is InChI=1S/C14H17N3O/c1-8-4-5-12(10(3)9(8)2)14-11(7-15)6-13(18)16-17-14/h4-6H,7,15H2,1-3H3,(H,16,18). The third-order valence-electron chi connectivity index (χ3n) is 3.42. The first-order valence-electron chi connectivity index (χ1n) is 5.90. The first-order chi connectivity index (χ1) is 8.54. The summed E-state index contributed by atoms with van der Waals surface area (Å²) in [6, 6.07) is 5.60. The van der Waals surface area contributed by atoms with Crippen molar-refractivity contribution < 1.29 is 0 Å². The zero-order chi connectivity index (χ0) is 13.3. The van der Waals surface area contributed by atoms with Gasteiger partial charge >= 0.3 is 0 Å². The first-order valence-corrected chi connectivity index (χ1v) is 5.90. The number of hydrogen-bond acceptors (Lipinski definition) is 3. The molecule has 0 aliphatic rings. The van der Waals surface area contributed by atoms with E-state index in [0.717, 1.165) is 16.8 Å². The van der Waals surface area contributed by atoms with Crippen molar-refractivity contribution in [2.45, 2.75) is 27.3 Å². The lowest BCUT2D eigenvalue weighted by molar-refractivity contribution is 0.942. The first kappa shape index (κ1) is 12.5. The fraction of sp³-hybridized carbons (Fsp3) is 0.286. The van der Waals surface area contributed by atoms with E-state index in [2.05, 4.69) is 37.0 Å². The van der Waals surface area contributed by atoms with Gasteiger partial charge in [-0.3, -0.25) is 4.79 Å². The number of aryl methyl sites for hydroxylation is 1. The minimum Gasteiger partial charge on any atom is -0.326 e. The van der Waals surface area contributed by atoms with Gasteiger partial charge in [0, 0.05) is 18.2 Å². The van der Waals surface area contributed by atoms with Crippen LogP contribution in [-0.4, -0.2) is 10.2 Å². The molecule has 18 heavy (non-hydrogen) atoms. The van der Waals surface area contributed by atoms with Crippen molar-refractivity contribution in [3.05, 3.63) is 50.8 Å². The zero-order valence-corrected chi connectivity index (χ0v) is 10.9. The van der Waals surface area contributed by atoms with Gasteiger partial charge in [-0.1, -0.05) is 12.1 Å². The number of nitrogens with one attached hydrogen (secondary N) is 1. The summed E-state index contributed by atoms with van der Waals surface area (Å²) >= 11 is 0. The van der Waals surface area contributed by atoms with Crippen LogP contribution in [0.15, 0.2) is 23.0 Å². The number of H-pyrrole nitrogens is 1. The Labute approximate surface area is 106 Å². The maximum absolute atomic E-state index is 11.3. The second-order valence-electron chi connectivity index (χ2n) is 4.49. The van der Waals surface area contributed by atoms with Gasteiger partial charge in [0.2, 0.25) is 0 Å². The largest absolute Gasteiger partial charge is 0.326 e. The number of hydrogen-bond donors (Lipinski definition) is 2. The second kappa shape index (κ2) is 4.74. The summed E-state index contributed by atoms with van der Waals surface area (Å²) < 4.78 is 0. The summed E-state index contributed by atoms with van der Waals surface area (Å²) in [5.41, 5.74) is 11.7. The van der Waals surface area contributed by atoms with Crippen LogP contribution < -0.4 is 11.3 Å². The van der Waals surface area contributed by atoms with Crippen LogP contribution in [0, 0.1) is 20.8 Å². The van der Waals surface area contributed by atoms with E-state index in [9.17, 15) is 4.79 Å². The Morgan fingerprint density at radius 2 is 1.94 bits per heavy atom. The van der Waals surface area contributed by atoms with Gasteiger partial charge in [0.05, 0.1) is 5.69 Å². The smallest absolute Gasteiger partial charge is 0.264 e. The Hall–Kier alpha value is -1.94. The molecule has 0 bridgehead atoms. The van der Waals surface area contributed by atoms with E-state index in [1.807, 2.05) is 6.07 Å². The van der Waals surface area contributed by atoms with E-state index in [-0.39, 0.29) is 5.56 Å². The molecule has 0 saturated heterocycles. The SMILES string of the molecule is Cc1ccc(-c2n[nH]c(=O)cc2CN)c(C)c1C. The lowest BCUT2D eigenvalue weighted by atomic mass is 9.95. The van der Waals surface area contributed by atoms with Crippen LogP contribution in [0.2, 0.25) is 0 Å². The molecule has 0 fully saturated rings. The number of benzene rings is 1. The maximum Gasteiger partial charge on any atom is 0.264 e. The van der Waals surface area contributed by atoms with Gasteiger partial charge in [0.25, 0.3) is 5.56 Å². The molecule has 1 aromatic heterocycles. The van der Waals surface area contributed by atoms with Crippen molar-refractivity contribution in [3.8, 4) is 11.3 Å². The van der Waals surface area contributed by atoms with Crippen LogP contribution in [0.4, 0.5) is 0 Å². The summed E-state index contributed by atoms with van der Waals surface area (Å²) in [6.07, 6.45) is 0. The summed E-state index contributed by atoms with van der Waals surface area (Å²) in [4.78, 5) is 11.3. The molecule has 4 nitrogen and oxygen atoms in total. The highest BCUT2D eigenvalue weighted by Gasteiger charge is 2.11. The molecular formula is C14H17N3O. The maximum atomic E-state index is 11.3. The zero-order valence-electron chi connectivity index (χ0n) is 10.9. The van der Waals surface area contributed by atoms with Gasteiger partial charge in [-0.2, -0.15) is 5.10 Å². The Kier molecular flexibility index (Phi) is 3.30. The predicted molar refractivity (Wildman–Crippen MR) is 72.4 cm³/mol. The van der Waals surface area contributed by atoms with Gasteiger partial charge < -0.3 is 5.73 Å². The number of aromatic nitrogens is 2. The van der Waals surface area contributed by atoms with Crippen LogP contribution >= 0.6 is 0 Å². The molecule has 0 aliphatic carbocycles. The van der Waals surface area contributed by atoms with E-state index in [0.29, 0.717) is 6.54 Å². The summed E-state index contributed by atoms with van der Waals surface area (Å²) in [5, 5.41) is 6.61. The van der Waals surface area contributed by atoms with Gasteiger partial charge in [-0.15, -0.1) is 0 Å². The molecule has 4 heteroatoms. The lowest BCUT2D eigenvalue weighted by Gasteiger charge is -2.12. The minimum atomic E-state index is -0.222. The Morgan fingerprint density at radius 3 is 2.61 bits per heavy atom. The Morgan fingerprint density at radius 1 is 1.22 bits per heavy atom. The molecule has 1 heterocycles. The van der Waals surface area contributed by atoms with Crippen molar-refractivity contribution in [1.29, 1.82) is 0 Å². The fourth-order valence-electron chi connectivity index (χ4n) is 2.04. The molecule has 0 saturated carbocycles. The minimum absolute atomic E-state index is 0.222. The normalized spacial score (nSPS) is 10.7. The summed E-state index contributed by atoms with van der Waals surface area (Å²) in [7, 11) is 0. The molecule has 94 valence electrons. The highest BCUT2D eigenvalue weighted by Crippen LogP contribution is 2.27. The van der Waals surface area contributed by atoms with E-state index < -0.39 is 0 Å². The van der Waals surface area contributed by atoms with Gasteiger partial charge in [0.15, 0.2) is 0 Å². The average molecular weight is 243 g/mol. The Balaban J connectivity index is 2.69. The number of nitrogens with zero attached hydrogens (tertiary/aromatic N) is 1. The molecule has 2 aromatic rings. The van der Waals surface area contributed by atoms with Crippen molar-refractivity contribution >= 4 is 0 Å². The van der Waals surface area contributed by atoms with Crippen molar-refractivity contribution in [1.82, 2.24) is 10.2 Å². The van der Waals surface area contributed by atoms with E-state index in [1.54, 1.807) is 0 Å². The second-order valence-corrected chi connectivity index (χ2v) is 4.49. The van der Waals surface area contributed by atoms with E-state index in [4.69, 9.17) is 5.73 Å². The topological polar surface area (TPSA) is 71.8 Å². The average Bonchev–Trinajstić information content (AvgIpc) is 2.37. The summed E-state index contributed by atoms with van der Waals surface area (Å²) in [6.45, 7) is 6.53. The molecule has 3 N–H and O–H groups in total. The van der Waals surface area contributed by atoms with Crippen molar-refractivity contribution in [2.24, 2.45) is 5.73 Å². The van der Waals surface area contributed by atoms with Crippen LogP contribution in [0.1, 0.15) is 22.3 Å². The monoisotopic (exact) mass is 243 g/mol. The van der Waals surface area contributed by atoms with Crippen LogP contribution in [0.3, 0.4) is 0 Å². The van der Waals surface area contributed by atoms with Crippen molar-refractivity contribution in [3.63, 3.8) is 0 Å². The summed E-state index contributed by atoms with van der Waals surface area (Å²) in [5.74, 6) is 0. The van der Waals surface area contributed by atoms with Gasteiger partial charge in [-0.25, -0.2) is 5.10 Å². The Bertz CT molecular complexity index is 644. The quantitative estimate of drug-likeness (QED) is 0.845. The molecule has 0 unspecified atom stereocenters. The van der Waals surface area contributed by atoms with Crippen molar-refractivity contribution in [2.75, 3.05) is 0 Å². The lowest BCUT2D eigenvalue weighted by Crippen LogP contribution is -2.13. The van der Waals surface area contributed by atoms with Crippen LogP contribution in [0.25, 0.3) is 11.3 Å². The predicted octanol–water partition coefficient (Wildman–Crippen LogP) is 1.82. The highest BCUT2D eigenvalue weighted by molar-refractivity contribution is 5.68. The molecule has 2 rings (SSSR count). The third kappa shape index (κ3) is 2.07. The molecule has 1 aromatic carbocycles. The third-order valence-corrected chi connectivity index (χ3v) is 3.42. The molecule has 0 spiro atoms. The number of nitrogens with two attached hydrogens (primary N) is 1. The van der Waals surface area contributed by atoms with Crippen LogP contribution in [0.5, 0.6) is 0 Å². The molecule has 0 aliphatic heterocycles. The van der Waals surface area contributed by atoms with Gasteiger partial charge in [-0.05, 0) is 43.0 Å². The van der Waals surface area contributed by atoms with E-state index >= 15 is 0 Å². The number of aromatic amines is 1.